The fourth-order valence-electron chi connectivity index (χ4n) is 5.83. The molecule has 2 aliphatic heterocycles. The lowest BCUT2D eigenvalue weighted by Crippen LogP contribution is -2.55. The van der Waals surface area contributed by atoms with Crippen molar-refractivity contribution >= 4 is 41.8 Å². The van der Waals surface area contributed by atoms with E-state index in [0.29, 0.717) is 25.0 Å². The predicted octanol–water partition coefficient (Wildman–Crippen LogP) is 0.849. The second-order valence-corrected chi connectivity index (χ2v) is 9.86. The summed E-state index contributed by atoms with van der Waals surface area (Å²) in [6.45, 7) is 10.7. The molecule has 180 valence electrons. The van der Waals surface area contributed by atoms with Gasteiger partial charge in [-0.1, -0.05) is 26.0 Å². The summed E-state index contributed by atoms with van der Waals surface area (Å²) in [7, 11) is 3.94. The standard InChI is InChI=1S/C23H38N6O2.HI/c1-15(2)18(28-11-9-27(4)10-12-28)14-26-23(24-3)25-7-8-29-21(30)19-16-5-6-17(13-16)20(19)22(29)31;/h5-6,15-20H,7-14H2,1-4H3,(H2,24,25,26);1H. The number of likely N-dealkylation sites (N-methyl/N-ethyl adjacent to an activating group) is 1. The van der Waals surface area contributed by atoms with Gasteiger partial charge in [0.2, 0.25) is 11.8 Å². The van der Waals surface area contributed by atoms with Crippen LogP contribution in [0.1, 0.15) is 20.3 Å². The molecule has 0 radical (unpaired) electrons. The highest BCUT2D eigenvalue weighted by molar-refractivity contribution is 14.0. The summed E-state index contributed by atoms with van der Waals surface area (Å²) in [6, 6.07) is 0.441. The van der Waals surface area contributed by atoms with E-state index < -0.39 is 0 Å². The number of amides is 2. The first-order chi connectivity index (χ1) is 14.9. The van der Waals surface area contributed by atoms with Gasteiger partial charge in [0.25, 0.3) is 0 Å². The van der Waals surface area contributed by atoms with Crippen molar-refractivity contribution in [3.63, 3.8) is 0 Å². The van der Waals surface area contributed by atoms with Crippen molar-refractivity contribution in [2.24, 2.45) is 34.6 Å². The molecule has 1 saturated carbocycles. The molecule has 2 saturated heterocycles. The molecule has 9 heteroatoms. The summed E-state index contributed by atoms with van der Waals surface area (Å²) >= 11 is 0. The van der Waals surface area contributed by atoms with Gasteiger partial charge in [-0.2, -0.15) is 0 Å². The third-order valence-corrected chi connectivity index (χ3v) is 7.67. The van der Waals surface area contributed by atoms with Crippen molar-refractivity contribution in [2.75, 3.05) is 59.9 Å². The van der Waals surface area contributed by atoms with Crippen molar-refractivity contribution in [2.45, 2.75) is 26.3 Å². The lowest BCUT2D eigenvalue weighted by Gasteiger charge is -2.40. The van der Waals surface area contributed by atoms with Gasteiger partial charge in [-0.25, -0.2) is 0 Å². The van der Waals surface area contributed by atoms with Gasteiger partial charge >= 0.3 is 0 Å². The summed E-state index contributed by atoms with van der Waals surface area (Å²) < 4.78 is 0. The van der Waals surface area contributed by atoms with Crippen molar-refractivity contribution < 1.29 is 9.59 Å². The molecule has 2 N–H and O–H groups in total. The van der Waals surface area contributed by atoms with E-state index in [0.717, 1.165) is 45.1 Å². The maximum atomic E-state index is 12.8. The number of allylic oxidation sites excluding steroid dienone is 2. The van der Waals surface area contributed by atoms with E-state index in [1.54, 1.807) is 7.05 Å². The Labute approximate surface area is 209 Å². The van der Waals surface area contributed by atoms with E-state index in [2.05, 4.69) is 58.5 Å². The summed E-state index contributed by atoms with van der Waals surface area (Å²) in [4.78, 5) is 36.4. The molecule has 0 spiro atoms. The third-order valence-electron chi connectivity index (χ3n) is 7.67. The minimum absolute atomic E-state index is 0. The van der Waals surface area contributed by atoms with Crippen LogP contribution in [0.3, 0.4) is 0 Å². The molecule has 4 aliphatic rings. The van der Waals surface area contributed by atoms with Crippen LogP contribution in [0.5, 0.6) is 0 Å². The number of rotatable bonds is 7. The largest absolute Gasteiger partial charge is 0.355 e. The van der Waals surface area contributed by atoms with E-state index in [9.17, 15) is 9.59 Å². The smallest absolute Gasteiger partial charge is 0.233 e. The van der Waals surface area contributed by atoms with Crippen LogP contribution >= 0.6 is 24.0 Å². The zero-order valence-corrected chi connectivity index (χ0v) is 22.1. The number of aliphatic imine (C=N–C) groups is 1. The molecular weight excluding hydrogens is 519 g/mol. The Balaban J connectivity index is 0.00000289. The molecule has 5 atom stereocenters. The van der Waals surface area contributed by atoms with Gasteiger partial charge in [0.05, 0.1) is 11.8 Å². The molecule has 0 aromatic carbocycles. The van der Waals surface area contributed by atoms with Crippen LogP contribution < -0.4 is 10.6 Å². The molecule has 0 aromatic rings. The number of guanidine groups is 1. The third kappa shape index (κ3) is 4.99. The Morgan fingerprint density at radius 3 is 2.19 bits per heavy atom. The quantitative estimate of drug-likeness (QED) is 0.159. The van der Waals surface area contributed by atoms with Gasteiger partial charge in [0, 0.05) is 58.9 Å². The van der Waals surface area contributed by atoms with Crippen molar-refractivity contribution in [1.29, 1.82) is 0 Å². The molecule has 8 nitrogen and oxygen atoms in total. The lowest BCUT2D eigenvalue weighted by molar-refractivity contribution is -0.140. The number of likely N-dealkylation sites (tertiary alicyclic amines) is 1. The van der Waals surface area contributed by atoms with Crippen LogP contribution in [0.15, 0.2) is 17.1 Å². The highest BCUT2D eigenvalue weighted by Gasteiger charge is 2.58. The van der Waals surface area contributed by atoms with Gasteiger partial charge in [0.1, 0.15) is 0 Å². The molecule has 32 heavy (non-hydrogen) atoms. The summed E-state index contributed by atoms with van der Waals surface area (Å²) in [5.74, 6) is 1.60. The Kier molecular flexibility index (Phi) is 8.59. The number of imide groups is 1. The number of carbonyl (C=O) groups is 2. The van der Waals surface area contributed by atoms with E-state index >= 15 is 0 Å². The maximum Gasteiger partial charge on any atom is 0.233 e. The van der Waals surface area contributed by atoms with E-state index in [1.807, 2.05) is 0 Å². The molecule has 4 rings (SSSR count). The molecular formula is C23H39IN6O2. The molecule has 2 heterocycles. The number of hydrogen-bond acceptors (Lipinski definition) is 5. The first kappa shape index (κ1) is 25.4. The fraction of sp³-hybridized carbons (Fsp3) is 0.783. The zero-order valence-electron chi connectivity index (χ0n) is 19.8. The van der Waals surface area contributed by atoms with Crippen LogP contribution in [0.4, 0.5) is 0 Å². The SMILES string of the molecule is CN=C(NCCN1C(=O)C2C3C=CC(C3)C2C1=O)NCC(C(C)C)N1CCN(C)CC1.I. The Bertz CT molecular complexity index is 719. The van der Waals surface area contributed by atoms with Crippen LogP contribution in [0.2, 0.25) is 0 Å². The van der Waals surface area contributed by atoms with Gasteiger partial charge in [-0.3, -0.25) is 24.4 Å². The normalized spacial score (nSPS) is 31.3. The van der Waals surface area contributed by atoms with Crippen molar-refractivity contribution in [3.8, 4) is 0 Å². The molecule has 2 aliphatic carbocycles. The van der Waals surface area contributed by atoms with Crippen LogP contribution in [0, 0.1) is 29.6 Å². The van der Waals surface area contributed by atoms with Crippen molar-refractivity contribution in [1.82, 2.24) is 25.3 Å². The first-order valence-corrected chi connectivity index (χ1v) is 11.8. The second-order valence-electron chi connectivity index (χ2n) is 9.86. The summed E-state index contributed by atoms with van der Waals surface area (Å²) in [6.07, 6.45) is 5.24. The fourth-order valence-corrected chi connectivity index (χ4v) is 5.83. The Morgan fingerprint density at radius 2 is 1.66 bits per heavy atom. The first-order valence-electron chi connectivity index (χ1n) is 11.8. The lowest BCUT2D eigenvalue weighted by atomic mass is 9.85. The average molecular weight is 559 g/mol. The molecule has 0 aromatic heterocycles. The number of halogens is 1. The maximum absolute atomic E-state index is 12.8. The molecule has 2 bridgehead atoms. The number of carbonyl (C=O) groups excluding carboxylic acids is 2. The summed E-state index contributed by atoms with van der Waals surface area (Å²) in [5.41, 5.74) is 0. The number of fused-ring (bicyclic) bond motifs is 5. The number of nitrogens with one attached hydrogen (secondary N) is 2. The summed E-state index contributed by atoms with van der Waals surface area (Å²) in [5, 5.41) is 6.75. The Hall–Kier alpha value is -1.20. The van der Waals surface area contributed by atoms with Gasteiger partial charge in [-0.05, 0) is 31.2 Å². The predicted molar refractivity (Wildman–Crippen MR) is 137 cm³/mol. The average Bonchev–Trinajstić information content (AvgIpc) is 3.43. The van der Waals surface area contributed by atoms with E-state index in [-0.39, 0.29) is 59.5 Å². The molecule has 2 amide bonds. The van der Waals surface area contributed by atoms with Crippen molar-refractivity contribution in [3.05, 3.63) is 12.2 Å². The van der Waals surface area contributed by atoms with Crippen LogP contribution in [-0.4, -0.2) is 98.4 Å². The van der Waals surface area contributed by atoms with E-state index in [1.165, 1.54) is 4.90 Å². The van der Waals surface area contributed by atoms with Crippen LogP contribution in [0.25, 0.3) is 0 Å². The number of piperazine rings is 1. The second kappa shape index (κ2) is 10.8. The highest BCUT2D eigenvalue weighted by Crippen LogP contribution is 2.52. The van der Waals surface area contributed by atoms with Crippen LogP contribution in [-0.2, 0) is 9.59 Å². The minimum atomic E-state index is -0.115. The number of nitrogens with zero attached hydrogens (tertiary/aromatic N) is 4. The highest BCUT2D eigenvalue weighted by atomic mass is 127. The minimum Gasteiger partial charge on any atom is -0.355 e. The van der Waals surface area contributed by atoms with Gasteiger partial charge in [-0.15, -0.1) is 24.0 Å². The molecule has 3 fully saturated rings. The monoisotopic (exact) mass is 558 g/mol. The Morgan fingerprint density at radius 1 is 1.06 bits per heavy atom. The molecule has 5 unspecified atom stereocenters. The number of hydrogen-bond donors (Lipinski definition) is 2. The topological polar surface area (TPSA) is 80.3 Å². The van der Waals surface area contributed by atoms with E-state index in [4.69, 9.17) is 0 Å². The zero-order chi connectivity index (χ0) is 22.1. The van der Waals surface area contributed by atoms with Gasteiger partial charge < -0.3 is 15.5 Å². The van der Waals surface area contributed by atoms with Gasteiger partial charge in [0.15, 0.2) is 5.96 Å².